The van der Waals surface area contributed by atoms with Crippen molar-refractivity contribution in [2.45, 2.75) is 6.42 Å². The van der Waals surface area contributed by atoms with Gasteiger partial charge in [-0.3, -0.25) is 9.59 Å². The Labute approximate surface area is 86.0 Å². The second-order valence-electron chi connectivity index (χ2n) is 2.58. The van der Waals surface area contributed by atoms with Crippen LogP contribution in [0.25, 0.3) is 6.08 Å². The minimum atomic E-state index is -0.271. The number of methoxy groups -OCH3 is 1. The molecular weight excluding hydrogens is 200 g/mol. The monoisotopic (exact) mass is 210 g/mol. The first kappa shape index (κ1) is 10.7. The first-order chi connectivity index (χ1) is 6.76. The van der Waals surface area contributed by atoms with Crippen LogP contribution in [0.1, 0.15) is 21.7 Å². The molecule has 3 nitrogen and oxygen atoms in total. The fourth-order valence-corrected chi connectivity index (χ4v) is 1.57. The molecule has 0 spiro atoms. The van der Waals surface area contributed by atoms with Crippen LogP contribution in [-0.4, -0.2) is 19.4 Å². The molecule has 0 aromatic carbocycles. The highest BCUT2D eigenvalue weighted by Gasteiger charge is 1.96. The van der Waals surface area contributed by atoms with Gasteiger partial charge in [0.15, 0.2) is 6.29 Å². The van der Waals surface area contributed by atoms with Gasteiger partial charge in [-0.2, -0.15) is 0 Å². The average molecular weight is 210 g/mol. The van der Waals surface area contributed by atoms with Crippen LogP contribution in [0.15, 0.2) is 17.5 Å². The van der Waals surface area contributed by atoms with E-state index in [1.54, 1.807) is 18.2 Å². The summed E-state index contributed by atoms with van der Waals surface area (Å²) < 4.78 is 4.47. The highest BCUT2D eigenvalue weighted by Crippen LogP contribution is 2.13. The first-order valence-electron chi connectivity index (χ1n) is 4.03. The quantitative estimate of drug-likeness (QED) is 0.565. The molecule has 0 radical (unpaired) electrons. The summed E-state index contributed by atoms with van der Waals surface area (Å²) in [5.74, 6) is -0.271. The Morgan fingerprint density at radius 3 is 3.00 bits per heavy atom. The molecule has 0 aliphatic carbocycles. The lowest BCUT2D eigenvalue weighted by Crippen LogP contribution is -1.96. The summed E-state index contributed by atoms with van der Waals surface area (Å²) >= 11 is 1.38. The maximum absolute atomic E-state index is 10.7. The number of aldehydes is 1. The van der Waals surface area contributed by atoms with Crippen LogP contribution in [0.4, 0.5) is 0 Å². The van der Waals surface area contributed by atoms with Gasteiger partial charge in [-0.25, -0.2) is 0 Å². The van der Waals surface area contributed by atoms with Crippen molar-refractivity contribution in [1.82, 2.24) is 0 Å². The first-order valence-corrected chi connectivity index (χ1v) is 4.91. The van der Waals surface area contributed by atoms with E-state index in [0.717, 1.165) is 11.8 Å². The summed E-state index contributed by atoms with van der Waals surface area (Å²) in [6.45, 7) is 0. The second kappa shape index (κ2) is 5.34. The molecule has 0 N–H and O–H groups in total. The lowest BCUT2D eigenvalue weighted by atomic mass is 10.2. The van der Waals surface area contributed by atoms with Gasteiger partial charge in [-0.1, -0.05) is 12.2 Å². The lowest BCUT2D eigenvalue weighted by molar-refractivity contribution is -0.139. The van der Waals surface area contributed by atoms with Crippen LogP contribution in [0.5, 0.6) is 0 Å². The van der Waals surface area contributed by atoms with E-state index in [9.17, 15) is 9.59 Å². The molecule has 74 valence electrons. The van der Waals surface area contributed by atoms with Crippen LogP contribution < -0.4 is 0 Å². The standard InChI is InChI=1S/C10H10O3S/c1-13-10(12)4-2-3-8-5-9(6-11)14-7-8/h2-3,5-7H,4H2,1H3. The van der Waals surface area contributed by atoms with Gasteiger partial charge < -0.3 is 4.74 Å². The SMILES string of the molecule is COC(=O)CC=Cc1csc(C=O)c1. The Morgan fingerprint density at radius 1 is 1.64 bits per heavy atom. The molecule has 1 aromatic rings. The average Bonchev–Trinajstić information content (AvgIpc) is 2.65. The van der Waals surface area contributed by atoms with Crippen LogP contribution >= 0.6 is 11.3 Å². The highest BCUT2D eigenvalue weighted by molar-refractivity contribution is 7.11. The smallest absolute Gasteiger partial charge is 0.309 e. The van der Waals surface area contributed by atoms with Gasteiger partial charge in [-0.05, 0) is 17.0 Å². The molecule has 1 aromatic heterocycles. The summed E-state index contributed by atoms with van der Waals surface area (Å²) in [6, 6.07) is 1.77. The molecule has 0 aliphatic rings. The number of hydrogen-bond donors (Lipinski definition) is 0. The minimum absolute atomic E-state index is 0.253. The van der Waals surface area contributed by atoms with E-state index < -0.39 is 0 Å². The van der Waals surface area contributed by atoms with Crippen LogP contribution in [0.3, 0.4) is 0 Å². The molecule has 4 heteroatoms. The van der Waals surface area contributed by atoms with Crippen molar-refractivity contribution in [2.24, 2.45) is 0 Å². The van der Waals surface area contributed by atoms with Crippen molar-refractivity contribution in [3.63, 3.8) is 0 Å². The number of ether oxygens (including phenoxy) is 1. The Kier molecular flexibility index (Phi) is 4.07. The molecule has 0 fully saturated rings. The molecule has 0 unspecified atom stereocenters. The van der Waals surface area contributed by atoms with E-state index in [1.165, 1.54) is 18.4 Å². The Hall–Kier alpha value is -1.42. The van der Waals surface area contributed by atoms with E-state index in [1.807, 2.05) is 5.38 Å². The number of carbonyl (C=O) groups is 2. The Morgan fingerprint density at radius 2 is 2.43 bits per heavy atom. The molecule has 0 atom stereocenters. The molecule has 14 heavy (non-hydrogen) atoms. The highest BCUT2D eigenvalue weighted by atomic mass is 32.1. The van der Waals surface area contributed by atoms with Crippen LogP contribution in [-0.2, 0) is 9.53 Å². The number of thiophene rings is 1. The van der Waals surface area contributed by atoms with Gasteiger partial charge in [0.2, 0.25) is 0 Å². The molecule has 0 saturated heterocycles. The summed E-state index contributed by atoms with van der Waals surface area (Å²) in [7, 11) is 1.35. The predicted octanol–water partition coefficient (Wildman–Crippen LogP) is 2.14. The summed E-state index contributed by atoms with van der Waals surface area (Å²) in [4.78, 5) is 21.8. The third kappa shape index (κ3) is 3.14. The maximum atomic E-state index is 10.7. The zero-order valence-corrected chi connectivity index (χ0v) is 8.54. The molecule has 0 amide bonds. The molecular formula is C10H10O3S. The largest absolute Gasteiger partial charge is 0.469 e. The predicted molar refractivity (Wildman–Crippen MR) is 55.4 cm³/mol. The molecule has 1 heterocycles. The number of carbonyl (C=O) groups excluding carboxylic acids is 2. The zero-order valence-electron chi connectivity index (χ0n) is 7.73. The normalized spacial score (nSPS) is 10.4. The van der Waals surface area contributed by atoms with Gasteiger partial charge >= 0.3 is 5.97 Å². The van der Waals surface area contributed by atoms with Crippen molar-refractivity contribution in [2.75, 3.05) is 7.11 Å². The third-order valence-corrected chi connectivity index (χ3v) is 2.45. The molecule has 0 saturated carbocycles. The summed E-state index contributed by atoms with van der Waals surface area (Å²) in [5.41, 5.74) is 0.931. The van der Waals surface area contributed by atoms with Gasteiger partial charge in [0, 0.05) is 0 Å². The van der Waals surface area contributed by atoms with E-state index >= 15 is 0 Å². The van der Waals surface area contributed by atoms with E-state index in [2.05, 4.69) is 4.74 Å². The zero-order chi connectivity index (χ0) is 10.4. The minimum Gasteiger partial charge on any atom is -0.469 e. The number of rotatable bonds is 4. The molecule has 0 bridgehead atoms. The number of esters is 1. The van der Waals surface area contributed by atoms with Crippen molar-refractivity contribution in [1.29, 1.82) is 0 Å². The number of hydrogen-bond acceptors (Lipinski definition) is 4. The fraction of sp³-hybridized carbons (Fsp3) is 0.200. The van der Waals surface area contributed by atoms with Gasteiger partial charge in [0.1, 0.15) is 0 Å². The van der Waals surface area contributed by atoms with E-state index in [4.69, 9.17) is 0 Å². The van der Waals surface area contributed by atoms with Gasteiger partial charge in [0.25, 0.3) is 0 Å². The van der Waals surface area contributed by atoms with E-state index in [0.29, 0.717) is 4.88 Å². The topological polar surface area (TPSA) is 43.4 Å². The Bertz CT molecular complexity index is 352. The summed E-state index contributed by atoms with van der Waals surface area (Å²) in [5, 5.41) is 1.86. The lowest BCUT2D eigenvalue weighted by Gasteiger charge is -1.90. The summed E-state index contributed by atoms with van der Waals surface area (Å²) in [6.07, 6.45) is 4.56. The third-order valence-electron chi connectivity index (χ3n) is 1.58. The second-order valence-corrected chi connectivity index (χ2v) is 3.53. The Balaban J connectivity index is 2.51. The molecule has 1 rings (SSSR count). The van der Waals surface area contributed by atoms with E-state index in [-0.39, 0.29) is 12.4 Å². The van der Waals surface area contributed by atoms with Crippen LogP contribution in [0.2, 0.25) is 0 Å². The van der Waals surface area contributed by atoms with Crippen molar-refractivity contribution in [3.05, 3.63) is 28.0 Å². The maximum Gasteiger partial charge on any atom is 0.309 e. The van der Waals surface area contributed by atoms with Crippen molar-refractivity contribution >= 4 is 29.7 Å². The van der Waals surface area contributed by atoms with Gasteiger partial charge in [0.05, 0.1) is 18.4 Å². The fourth-order valence-electron chi connectivity index (χ4n) is 0.892. The van der Waals surface area contributed by atoms with Crippen molar-refractivity contribution < 1.29 is 14.3 Å². The van der Waals surface area contributed by atoms with Crippen LogP contribution in [0, 0.1) is 0 Å². The van der Waals surface area contributed by atoms with Crippen molar-refractivity contribution in [3.8, 4) is 0 Å². The van der Waals surface area contributed by atoms with Gasteiger partial charge in [-0.15, -0.1) is 11.3 Å². The molecule has 0 aliphatic heterocycles.